The molecule has 0 aromatic carbocycles. The third-order valence-corrected chi connectivity index (χ3v) is 4.11. The first-order valence-electron chi connectivity index (χ1n) is 8.28. The fourth-order valence-corrected chi connectivity index (χ4v) is 2.48. The number of nitrogens with one attached hydrogen (secondary N) is 3. The summed E-state index contributed by atoms with van der Waals surface area (Å²) in [4.78, 5) is 3.99. The second-order valence-electron chi connectivity index (χ2n) is 6.78. The van der Waals surface area contributed by atoms with E-state index in [1.807, 2.05) is 13.8 Å². The Hall–Kier alpha value is -2.23. The van der Waals surface area contributed by atoms with E-state index < -0.39 is 23.6 Å². The average Bonchev–Trinajstić information content (AvgIpc) is 2.84. The van der Waals surface area contributed by atoms with Crippen molar-refractivity contribution in [3.8, 4) is 0 Å². The SMILES string of the molecule is CNC1=C(C(F)(F)F)C=NC(C)(Nc2cn(CC(O)C(C)C)nc2C)N1. The number of aliphatic hydroxyl groups excluding tert-OH is 1. The molecule has 2 heterocycles. The Morgan fingerprint density at radius 1 is 1.38 bits per heavy atom. The van der Waals surface area contributed by atoms with Crippen LogP contribution in [0.3, 0.4) is 0 Å². The molecule has 0 amide bonds. The average molecular weight is 374 g/mol. The molecule has 0 bridgehead atoms. The largest absolute Gasteiger partial charge is 0.421 e. The molecule has 2 rings (SSSR count). The Balaban J connectivity index is 2.18. The highest BCUT2D eigenvalue weighted by molar-refractivity contribution is 5.83. The van der Waals surface area contributed by atoms with Crippen LogP contribution in [-0.4, -0.2) is 46.2 Å². The number of anilines is 1. The van der Waals surface area contributed by atoms with Gasteiger partial charge in [-0.05, 0) is 19.8 Å². The summed E-state index contributed by atoms with van der Waals surface area (Å²) in [5.74, 6) is -1.26. The molecule has 4 N–H and O–H groups in total. The Kier molecular flexibility index (Phi) is 5.55. The van der Waals surface area contributed by atoms with Gasteiger partial charge in [-0.25, -0.2) is 4.99 Å². The van der Waals surface area contributed by atoms with Crippen molar-refractivity contribution in [1.29, 1.82) is 0 Å². The lowest BCUT2D eigenvalue weighted by atomic mass is 10.1. The summed E-state index contributed by atoms with van der Waals surface area (Å²) in [5, 5.41) is 22.6. The van der Waals surface area contributed by atoms with Gasteiger partial charge in [0, 0.05) is 19.5 Å². The van der Waals surface area contributed by atoms with E-state index in [0.717, 1.165) is 6.21 Å². The smallest absolute Gasteiger partial charge is 0.391 e. The van der Waals surface area contributed by atoms with Crippen LogP contribution in [0, 0.1) is 12.8 Å². The molecule has 0 fully saturated rings. The van der Waals surface area contributed by atoms with Crippen molar-refractivity contribution in [1.82, 2.24) is 20.4 Å². The molecule has 0 saturated carbocycles. The minimum absolute atomic E-state index is 0.0853. The van der Waals surface area contributed by atoms with Gasteiger partial charge in [0.15, 0.2) is 0 Å². The summed E-state index contributed by atoms with van der Waals surface area (Å²) in [7, 11) is 1.41. The van der Waals surface area contributed by atoms with Gasteiger partial charge < -0.3 is 21.1 Å². The number of alkyl halides is 3. The van der Waals surface area contributed by atoms with Crippen LogP contribution in [-0.2, 0) is 6.54 Å². The number of allylic oxidation sites excluding steroid dienone is 1. The molecule has 2 unspecified atom stereocenters. The first-order valence-corrected chi connectivity index (χ1v) is 8.28. The van der Waals surface area contributed by atoms with Crippen LogP contribution in [0.25, 0.3) is 0 Å². The molecule has 0 radical (unpaired) electrons. The maximum Gasteiger partial charge on any atom is 0.421 e. The van der Waals surface area contributed by atoms with Crippen LogP contribution in [0.4, 0.5) is 18.9 Å². The minimum Gasteiger partial charge on any atom is -0.391 e. The van der Waals surface area contributed by atoms with Gasteiger partial charge in [-0.3, -0.25) is 4.68 Å². The molecule has 10 heteroatoms. The lowest BCUT2D eigenvalue weighted by molar-refractivity contribution is -0.0874. The molecule has 146 valence electrons. The van der Waals surface area contributed by atoms with Gasteiger partial charge in [0.1, 0.15) is 11.4 Å². The summed E-state index contributed by atoms with van der Waals surface area (Å²) in [6.45, 7) is 7.53. The predicted octanol–water partition coefficient (Wildman–Crippen LogP) is 1.96. The number of aliphatic hydroxyl groups is 1. The van der Waals surface area contributed by atoms with Crippen molar-refractivity contribution in [3.63, 3.8) is 0 Å². The lowest BCUT2D eigenvalue weighted by Gasteiger charge is -2.34. The molecule has 0 spiro atoms. The van der Waals surface area contributed by atoms with E-state index in [9.17, 15) is 18.3 Å². The first-order chi connectivity index (χ1) is 11.9. The van der Waals surface area contributed by atoms with Crippen LogP contribution in [0.1, 0.15) is 26.5 Å². The van der Waals surface area contributed by atoms with E-state index in [1.54, 1.807) is 24.7 Å². The Bertz CT molecular complexity index is 709. The van der Waals surface area contributed by atoms with E-state index in [2.05, 4.69) is 26.0 Å². The number of nitrogens with zero attached hydrogens (tertiary/aromatic N) is 3. The van der Waals surface area contributed by atoms with Crippen LogP contribution in [0.15, 0.2) is 22.6 Å². The molecule has 26 heavy (non-hydrogen) atoms. The van der Waals surface area contributed by atoms with E-state index in [4.69, 9.17) is 0 Å². The van der Waals surface area contributed by atoms with Crippen molar-refractivity contribution in [2.24, 2.45) is 10.9 Å². The minimum atomic E-state index is -4.51. The highest BCUT2D eigenvalue weighted by Crippen LogP contribution is 2.30. The van der Waals surface area contributed by atoms with Gasteiger partial charge in [0.25, 0.3) is 0 Å². The number of aliphatic imine (C=N–C) groups is 1. The Morgan fingerprint density at radius 2 is 2.04 bits per heavy atom. The van der Waals surface area contributed by atoms with E-state index in [1.165, 1.54) is 7.05 Å². The number of halogens is 3. The zero-order chi connectivity index (χ0) is 19.7. The fourth-order valence-electron chi connectivity index (χ4n) is 2.48. The quantitative estimate of drug-likeness (QED) is 0.612. The van der Waals surface area contributed by atoms with Gasteiger partial charge >= 0.3 is 6.18 Å². The molecule has 1 aromatic rings. The topological polar surface area (TPSA) is 86.5 Å². The van der Waals surface area contributed by atoms with Crippen molar-refractivity contribution in [2.45, 2.75) is 52.3 Å². The van der Waals surface area contributed by atoms with Gasteiger partial charge in [0.2, 0.25) is 5.79 Å². The molecule has 0 saturated heterocycles. The lowest BCUT2D eigenvalue weighted by Crippen LogP contribution is -2.53. The van der Waals surface area contributed by atoms with Crippen LogP contribution in [0.5, 0.6) is 0 Å². The third-order valence-electron chi connectivity index (χ3n) is 4.11. The second-order valence-corrected chi connectivity index (χ2v) is 6.78. The van der Waals surface area contributed by atoms with Gasteiger partial charge in [-0.2, -0.15) is 18.3 Å². The summed E-state index contributed by atoms with van der Waals surface area (Å²) < 4.78 is 40.7. The fraction of sp³-hybridized carbons (Fsp3) is 0.625. The normalized spacial score (nSPS) is 21.8. The summed E-state index contributed by atoms with van der Waals surface area (Å²) in [6.07, 6.45) is -2.55. The third kappa shape index (κ3) is 4.48. The van der Waals surface area contributed by atoms with Crippen molar-refractivity contribution < 1.29 is 18.3 Å². The van der Waals surface area contributed by atoms with E-state index in [-0.39, 0.29) is 11.7 Å². The van der Waals surface area contributed by atoms with Crippen LogP contribution in [0.2, 0.25) is 0 Å². The second kappa shape index (κ2) is 7.18. The molecule has 1 aliphatic heterocycles. The molecule has 2 atom stereocenters. The van der Waals surface area contributed by atoms with E-state index in [0.29, 0.717) is 17.9 Å². The van der Waals surface area contributed by atoms with Gasteiger partial charge in [0.05, 0.1) is 24.0 Å². The first kappa shape index (κ1) is 20.1. The van der Waals surface area contributed by atoms with Crippen LogP contribution < -0.4 is 16.0 Å². The molecular weight excluding hydrogens is 349 g/mol. The Morgan fingerprint density at radius 3 is 2.58 bits per heavy atom. The van der Waals surface area contributed by atoms with Crippen molar-refractivity contribution in [2.75, 3.05) is 12.4 Å². The zero-order valence-corrected chi connectivity index (χ0v) is 15.4. The predicted molar refractivity (Wildman–Crippen MR) is 93.6 cm³/mol. The number of hydrogen-bond acceptors (Lipinski definition) is 6. The number of aromatic nitrogens is 2. The number of aryl methyl sites for hydroxylation is 1. The summed E-state index contributed by atoms with van der Waals surface area (Å²) in [6, 6.07) is 0. The monoisotopic (exact) mass is 374 g/mol. The standard InChI is InChI=1S/C16H25F3N6O/c1-9(2)13(26)8-25-7-12(10(3)24-25)22-15(4)21-6-11(16(17,18)19)14(20-5)23-15/h6-7,9,13,20,22-23,26H,8H2,1-5H3. The maximum absolute atomic E-state index is 13.0. The zero-order valence-electron chi connectivity index (χ0n) is 15.4. The maximum atomic E-state index is 13.0. The highest BCUT2D eigenvalue weighted by atomic mass is 19.4. The summed E-state index contributed by atoms with van der Waals surface area (Å²) in [5.41, 5.74) is 0.390. The molecule has 0 aliphatic carbocycles. The summed E-state index contributed by atoms with van der Waals surface area (Å²) >= 11 is 0. The molecule has 7 nitrogen and oxygen atoms in total. The van der Waals surface area contributed by atoms with Gasteiger partial charge in [-0.1, -0.05) is 13.8 Å². The van der Waals surface area contributed by atoms with Crippen molar-refractivity contribution >= 4 is 11.9 Å². The molecule has 1 aromatic heterocycles. The number of rotatable bonds is 6. The molecule has 1 aliphatic rings. The Labute approximate surface area is 150 Å². The number of hydrogen-bond donors (Lipinski definition) is 4. The molecular formula is C16H25F3N6O. The van der Waals surface area contributed by atoms with E-state index >= 15 is 0 Å². The van der Waals surface area contributed by atoms with Crippen LogP contribution >= 0.6 is 0 Å². The van der Waals surface area contributed by atoms with Gasteiger partial charge in [-0.15, -0.1) is 0 Å². The highest BCUT2D eigenvalue weighted by Gasteiger charge is 2.40. The van der Waals surface area contributed by atoms with Crippen molar-refractivity contribution in [3.05, 3.63) is 23.3 Å².